The van der Waals surface area contributed by atoms with Crippen LogP contribution in [-0.2, 0) is 54.7 Å². The molecule has 0 unspecified atom stereocenters. The Morgan fingerprint density at radius 2 is 0.733 bits per heavy atom. The Labute approximate surface area is 451 Å². The monoisotopic (exact) mass is 995 g/mol. The van der Waals surface area contributed by atoms with Crippen LogP contribution in [0.15, 0.2) is 103 Å². The Morgan fingerprint density at radius 1 is 0.400 bits per heavy atom. The molecule has 75 heavy (non-hydrogen) atoms. The van der Waals surface area contributed by atoms with E-state index >= 15 is 4.79 Å². The smallest absolute Gasteiger partial charge is 0.338 e. The molecule has 0 amide bonds. The van der Waals surface area contributed by atoms with Gasteiger partial charge >= 0.3 is 5.97 Å². The number of carbonyl (C=O) groups excluding carboxylic acids is 1. The fourth-order valence-corrected chi connectivity index (χ4v) is 15.0. The topological polar surface area (TPSA) is 32.8 Å². The zero-order valence-electron chi connectivity index (χ0n) is 48.5. The fourth-order valence-electron chi connectivity index (χ4n) is 15.0. The average Bonchev–Trinajstić information content (AvgIpc) is 3.36. The van der Waals surface area contributed by atoms with Gasteiger partial charge in [-0.3, -0.25) is 0 Å². The summed E-state index contributed by atoms with van der Waals surface area (Å²) < 4.78 is 6.39. The van der Waals surface area contributed by atoms with E-state index in [1.54, 1.807) is 0 Å². The van der Waals surface area contributed by atoms with Gasteiger partial charge in [0, 0.05) is 34.1 Å². The molecule has 6 aromatic rings. The van der Waals surface area contributed by atoms with E-state index in [0.717, 1.165) is 79.7 Å². The average molecular weight is 995 g/mol. The fraction of sp³-hybridized carbons (Fsp3) is 0.471. The van der Waals surface area contributed by atoms with Crippen LogP contribution in [0.1, 0.15) is 223 Å². The Balaban J connectivity index is 1.22. The first-order valence-electron chi connectivity index (χ1n) is 28.7. The summed E-state index contributed by atoms with van der Waals surface area (Å²) in [4.78, 5) is 20.4. The molecule has 0 bridgehead atoms. The molecule has 4 nitrogen and oxygen atoms in total. The molecule has 2 heterocycles. The standard InChI is InChI=1S/C70H83BN2O2/c1-63(2)26-28-65(5,6)49-36-45(22-24-47(49)63)72-57-40-53-51(67(9,10)30-32-69(53,13)14)38-55(57)71-56-39-52-54(70(15,16)33-31-68(52,11)12)41-58(56)73(46-23-25-48-50(37-46)66(7,8)29-27-64(48,3)4)60-35-44(34-59(72)61(60)71)62(74)75-42-43-20-18-17-19-21-43/h17-25,34-41H,26-33,42H2,1-16H3. The number of hydrogen-bond acceptors (Lipinski definition) is 4. The molecule has 0 fully saturated rings. The summed E-state index contributed by atoms with van der Waals surface area (Å²) in [5.74, 6) is -0.311. The van der Waals surface area contributed by atoms with Crippen LogP contribution in [0.3, 0.4) is 0 Å². The van der Waals surface area contributed by atoms with E-state index in [9.17, 15) is 0 Å². The van der Waals surface area contributed by atoms with E-state index in [0.29, 0.717) is 5.56 Å². The first-order valence-corrected chi connectivity index (χ1v) is 28.7. The van der Waals surface area contributed by atoms with Crippen molar-refractivity contribution in [2.45, 2.75) is 212 Å². The second-order valence-electron chi connectivity index (χ2n) is 29.5. The molecule has 0 aromatic heterocycles. The lowest BCUT2D eigenvalue weighted by atomic mass is 9.32. The molecule has 0 saturated heterocycles. The predicted octanol–water partition coefficient (Wildman–Crippen LogP) is 16.5. The predicted molar refractivity (Wildman–Crippen MR) is 317 cm³/mol. The molecule has 0 saturated carbocycles. The first kappa shape index (κ1) is 50.3. The number of anilines is 6. The van der Waals surface area contributed by atoms with Crippen molar-refractivity contribution >= 4 is 63.2 Å². The molecule has 6 aromatic carbocycles. The number of hydrogen-bond donors (Lipinski definition) is 0. The summed E-state index contributed by atoms with van der Waals surface area (Å²) >= 11 is 0. The summed E-state index contributed by atoms with van der Waals surface area (Å²) in [5.41, 5.74) is 24.0. The number of nitrogens with zero attached hydrogens (tertiary/aromatic N) is 2. The first-order chi connectivity index (χ1) is 35.0. The Kier molecular flexibility index (Phi) is 10.9. The van der Waals surface area contributed by atoms with Gasteiger partial charge in [-0.15, -0.1) is 0 Å². The Morgan fingerprint density at radius 3 is 1.11 bits per heavy atom. The van der Waals surface area contributed by atoms with Crippen LogP contribution >= 0.6 is 0 Å². The van der Waals surface area contributed by atoms with Gasteiger partial charge < -0.3 is 14.5 Å². The van der Waals surface area contributed by atoms with Gasteiger partial charge in [-0.05, 0) is 210 Å². The zero-order chi connectivity index (χ0) is 53.4. The van der Waals surface area contributed by atoms with E-state index in [4.69, 9.17) is 4.74 Å². The lowest BCUT2D eigenvalue weighted by Gasteiger charge is -2.49. The zero-order valence-corrected chi connectivity index (χ0v) is 48.5. The van der Waals surface area contributed by atoms with Gasteiger partial charge in [0.1, 0.15) is 6.61 Å². The number of carbonyl (C=O) groups is 1. The molecule has 5 heteroatoms. The minimum Gasteiger partial charge on any atom is -0.457 e. The molecule has 4 aliphatic carbocycles. The van der Waals surface area contributed by atoms with Crippen molar-refractivity contribution in [3.8, 4) is 0 Å². The SMILES string of the molecule is CC1(C)CCC(C)(C)c2cc(N3c4cc5c(cc4B4c6cc7c(cc6N(c6ccc8c(c6)C(C)(C)CCC8(C)C)c6cc(C(=O)OCc8ccccc8)cc3c64)C(C)(C)CCC7(C)C)C(C)(C)CCC5(C)C)ccc21. The van der Waals surface area contributed by atoms with E-state index < -0.39 is 0 Å². The molecule has 0 N–H and O–H groups in total. The van der Waals surface area contributed by atoms with Crippen LogP contribution in [0, 0.1) is 0 Å². The van der Waals surface area contributed by atoms with Gasteiger partial charge in [-0.2, -0.15) is 0 Å². The highest BCUT2D eigenvalue weighted by Gasteiger charge is 2.50. The molecular formula is C70H83BN2O2. The van der Waals surface area contributed by atoms with E-state index in [-0.39, 0.29) is 62.6 Å². The van der Waals surface area contributed by atoms with Crippen molar-refractivity contribution in [3.63, 3.8) is 0 Å². The van der Waals surface area contributed by atoms with Crippen molar-refractivity contribution in [2.75, 3.05) is 9.80 Å². The van der Waals surface area contributed by atoms with Crippen molar-refractivity contribution in [2.24, 2.45) is 0 Å². The van der Waals surface area contributed by atoms with Crippen LogP contribution in [0.4, 0.5) is 34.1 Å². The summed E-state index contributed by atoms with van der Waals surface area (Å²) in [7, 11) is 0. The van der Waals surface area contributed by atoms with Crippen molar-refractivity contribution < 1.29 is 9.53 Å². The summed E-state index contributed by atoms with van der Waals surface area (Å²) in [5, 5.41) is 0. The molecule has 388 valence electrons. The van der Waals surface area contributed by atoms with Gasteiger partial charge in [0.15, 0.2) is 0 Å². The lowest BCUT2D eigenvalue weighted by molar-refractivity contribution is 0.0472. The minimum atomic E-state index is -0.311. The third-order valence-corrected chi connectivity index (χ3v) is 20.6. The highest BCUT2D eigenvalue weighted by Crippen LogP contribution is 2.55. The van der Waals surface area contributed by atoms with Gasteiger partial charge in [0.25, 0.3) is 6.71 Å². The second-order valence-corrected chi connectivity index (χ2v) is 29.5. The number of benzene rings is 6. The molecular weight excluding hydrogens is 912 g/mol. The van der Waals surface area contributed by atoms with E-state index in [2.05, 4.69) is 193 Å². The molecule has 2 aliphatic heterocycles. The van der Waals surface area contributed by atoms with Crippen LogP contribution in [0.25, 0.3) is 0 Å². The van der Waals surface area contributed by atoms with Gasteiger partial charge in [-0.25, -0.2) is 4.79 Å². The summed E-state index contributed by atoms with van der Waals surface area (Å²) in [6.45, 7) is 39.3. The second kappa shape index (κ2) is 16.2. The highest BCUT2D eigenvalue weighted by atomic mass is 16.5. The molecule has 6 aliphatic rings. The van der Waals surface area contributed by atoms with E-state index in [1.807, 2.05) is 30.3 Å². The van der Waals surface area contributed by atoms with Crippen LogP contribution < -0.4 is 26.2 Å². The minimum absolute atomic E-state index is 0.00325. The summed E-state index contributed by atoms with van der Waals surface area (Å²) in [6, 6.07) is 39.8. The number of rotatable bonds is 5. The number of ether oxygens (including phenoxy) is 1. The largest absolute Gasteiger partial charge is 0.457 e. The van der Waals surface area contributed by atoms with Gasteiger partial charge in [-0.1, -0.05) is 165 Å². The van der Waals surface area contributed by atoms with Crippen LogP contribution in [-0.4, -0.2) is 12.7 Å². The molecule has 0 atom stereocenters. The third kappa shape index (κ3) is 7.75. The highest BCUT2D eigenvalue weighted by molar-refractivity contribution is 7.00. The number of esters is 1. The van der Waals surface area contributed by atoms with Crippen molar-refractivity contribution in [1.82, 2.24) is 0 Å². The van der Waals surface area contributed by atoms with Crippen LogP contribution in [0.2, 0.25) is 0 Å². The maximum Gasteiger partial charge on any atom is 0.338 e. The summed E-state index contributed by atoms with van der Waals surface area (Å²) in [6.07, 6.45) is 9.09. The van der Waals surface area contributed by atoms with Crippen LogP contribution in [0.5, 0.6) is 0 Å². The van der Waals surface area contributed by atoms with Gasteiger partial charge in [0.2, 0.25) is 0 Å². The maximum absolute atomic E-state index is 15.2. The Hall–Kier alpha value is -5.55. The van der Waals surface area contributed by atoms with E-state index in [1.165, 1.54) is 72.3 Å². The van der Waals surface area contributed by atoms with Gasteiger partial charge in [0.05, 0.1) is 5.56 Å². The lowest BCUT2D eigenvalue weighted by Crippen LogP contribution is -2.62. The Bertz CT molecular complexity index is 3190. The molecule has 12 rings (SSSR count). The third-order valence-electron chi connectivity index (χ3n) is 20.6. The molecule has 0 radical (unpaired) electrons. The maximum atomic E-state index is 15.2. The molecule has 0 spiro atoms. The normalized spacial score (nSPS) is 21.8. The van der Waals surface area contributed by atoms with Crippen molar-refractivity contribution in [1.29, 1.82) is 0 Å². The number of fused-ring (bicyclic) bond motifs is 8. The van der Waals surface area contributed by atoms with Crippen molar-refractivity contribution in [3.05, 3.63) is 159 Å². The quantitative estimate of drug-likeness (QED) is 0.127.